The monoisotopic (exact) mass is 188 g/mol. The first-order valence-corrected chi connectivity index (χ1v) is 4.70. The highest BCUT2D eigenvalue weighted by Crippen LogP contribution is 1.84. The van der Waals surface area contributed by atoms with Crippen molar-refractivity contribution in [1.82, 2.24) is 10.6 Å². The van der Waals surface area contributed by atoms with E-state index in [2.05, 4.69) is 10.6 Å². The quantitative estimate of drug-likeness (QED) is 0.559. The van der Waals surface area contributed by atoms with E-state index in [9.17, 15) is 4.79 Å². The van der Waals surface area contributed by atoms with Crippen molar-refractivity contribution in [2.45, 2.75) is 26.4 Å². The Kier molecular flexibility index (Phi) is 7.63. The molecular formula is C9H20N2O2. The van der Waals surface area contributed by atoms with Gasteiger partial charge in [0.1, 0.15) is 0 Å². The number of hydrogen-bond acceptors (Lipinski definition) is 3. The fourth-order valence-electron chi connectivity index (χ4n) is 0.876. The van der Waals surface area contributed by atoms with Crippen LogP contribution in [0.5, 0.6) is 0 Å². The van der Waals surface area contributed by atoms with Gasteiger partial charge in [-0.1, -0.05) is 0 Å². The molecule has 0 radical (unpaired) electrons. The molecule has 0 rings (SSSR count). The van der Waals surface area contributed by atoms with E-state index >= 15 is 0 Å². The molecule has 0 aromatic carbocycles. The molecule has 0 saturated heterocycles. The van der Waals surface area contributed by atoms with Crippen molar-refractivity contribution >= 4 is 5.91 Å². The molecule has 0 aliphatic rings. The molecule has 0 spiro atoms. The first kappa shape index (κ1) is 12.4. The molecule has 1 unspecified atom stereocenters. The Morgan fingerprint density at radius 1 is 1.54 bits per heavy atom. The van der Waals surface area contributed by atoms with Crippen LogP contribution in [0, 0.1) is 0 Å². The Morgan fingerprint density at radius 3 is 2.77 bits per heavy atom. The van der Waals surface area contributed by atoms with Gasteiger partial charge in [0.15, 0.2) is 0 Å². The van der Waals surface area contributed by atoms with Crippen LogP contribution in [0.15, 0.2) is 0 Å². The second-order valence-electron chi connectivity index (χ2n) is 2.95. The summed E-state index contributed by atoms with van der Waals surface area (Å²) in [5.41, 5.74) is 0. The topological polar surface area (TPSA) is 50.4 Å². The minimum atomic E-state index is 0.0973. The first-order chi connectivity index (χ1) is 6.20. The van der Waals surface area contributed by atoms with Gasteiger partial charge in [0.2, 0.25) is 5.91 Å². The maximum atomic E-state index is 11.0. The number of rotatable bonds is 7. The fraction of sp³-hybridized carbons (Fsp3) is 0.889. The van der Waals surface area contributed by atoms with Gasteiger partial charge < -0.3 is 15.4 Å². The molecule has 0 aromatic rings. The predicted octanol–water partition coefficient (Wildman–Crippen LogP) is 0.137. The Balaban J connectivity index is 3.20. The molecule has 0 aliphatic carbocycles. The molecule has 4 heteroatoms. The molecule has 0 aromatic heterocycles. The Morgan fingerprint density at radius 2 is 2.23 bits per heavy atom. The van der Waals surface area contributed by atoms with Crippen molar-refractivity contribution in [3.63, 3.8) is 0 Å². The van der Waals surface area contributed by atoms with Crippen LogP contribution in [0.3, 0.4) is 0 Å². The van der Waals surface area contributed by atoms with E-state index in [0.717, 1.165) is 6.54 Å². The second-order valence-corrected chi connectivity index (χ2v) is 2.95. The summed E-state index contributed by atoms with van der Waals surface area (Å²) < 4.78 is 5.04. The van der Waals surface area contributed by atoms with Gasteiger partial charge in [0.25, 0.3) is 0 Å². The molecule has 1 atom stereocenters. The highest BCUT2D eigenvalue weighted by Gasteiger charge is 2.00. The smallest absolute Gasteiger partial charge is 0.221 e. The molecule has 13 heavy (non-hydrogen) atoms. The maximum Gasteiger partial charge on any atom is 0.221 e. The van der Waals surface area contributed by atoms with Crippen LogP contribution >= 0.6 is 0 Å². The third kappa shape index (κ3) is 7.74. The van der Waals surface area contributed by atoms with E-state index in [1.807, 2.05) is 13.8 Å². The summed E-state index contributed by atoms with van der Waals surface area (Å²) in [5, 5.41) is 5.88. The van der Waals surface area contributed by atoms with Crippen molar-refractivity contribution in [1.29, 1.82) is 0 Å². The van der Waals surface area contributed by atoms with Gasteiger partial charge in [-0.05, 0) is 13.8 Å². The largest absolute Gasteiger partial charge is 0.380 e. The molecule has 78 valence electrons. The van der Waals surface area contributed by atoms with Crippen LogP contribution in [0.2, 0.25) is 0 Å². The van der Waals surface area contributed by atoms with E-state index < -0.39 is 0 Å². The Labute approximate surface area is 80.0 Å². The lowest BCUT2D eigenvalue weighted by Gasteiger charge is -2.10. The zero-order valence-electron chi connectivity index (χ0n) is 8.72. The summed E-state index contributed by atoms with van der Waals surface area (Å²) in [5.74, 6) is 0.0973. The molecule has 0 fully saturated rings. The third-order valence-corrected chi connectivity index (χ3v) is 1.74. The van der Waals surface area contributed by atoms with Gasteiger partial charge in [-0.15, -0.1) is 0 Å². The summed E-state index contributed by atoms with van der Waals surface area (Å²) >= 11 is 0. The van der Waals surface area contributed by atoms with Gasteiger partial charge in [0.05, 0.1) is 6.10 Å². The minimum absolute atomic E-state index is 0.0973. The number of amides is 1. The van der Waals surface area contributed by atoms with Gasteiger partial charge in [0, 0.05) is 33.2 Å². The number of carbonyl (C=O) groups excluding carboxylic acids is 1. The molecule has 0 saturated carbocycles. The van der Waals surface area contributed by atoms with E-state index in [1.54, 1.807) is 7.11 Å². The number of ether oxygens (including phenoxy) is 1. The van der Waals surface area contributed by atoms with Crippen LogP contribution in [-0.2, 0) is 9.53 Å². The average Bonchev–Trinajstić information content (AvgIpc) is 2.12. The van der Waals surface area contributed by atoms with E-state index in [4.69, 9.17) is 4.74 Å². The van der Waals surface area contributed by atoms with Crippen LogP contribution in [0.25, 0.3) is 0 Å². The molecule has 1 amide bonds. The molecule has 0 bridgehead atoms. The molecule has 0 heterocycles. The summed E-state index contributed by atoms with van der Waals surface area (Å²) in [4.78, 5) is 11.0. The SMILES string of the molecule is CCNC(=O)CCNCC(C)OC. The Bertz CT molecular complexity index is 140. The summed E-state index contributed by atoms with van der Waals surface area (Å²) in [6, 6.07) is 0. The average molecular weight is 188 g/mol. The van der Waals surface area contributed by atoms with Crippen LogP contribution < -0.4 is 10.6 Å². The zero-order valence-corrected chi connectivity index (χ0v) is 8.72. The summed E-state index contributed by atoms with van der Waals surface area (Å²) in [6.07, 6.45) is 0.735. The van der Waals surface area contributed by atoms with Gasteiger partial charge in [-0.25, -0.2) is 0 Å². The number of methoxy groups -OCH3 is 1. The van der Waals surface area contributed by atoms with Crippen LogP contribution in [-0.4, -0.2) is 38.8 Å². The first-order valence-electron chi connectivity index (χ1n) is 4.70. The lowest BCUT2D eigenvalue weighted by Crippen LogP contribution is -2.31. The summed E-state index contributed by atoms with van der Waals surface area (Å²) in [7, 11) is 1.68. The maximum absolute atomic E-state index is 11.0. The van der Waals surface area contributed by atoms with E-state index in [-0.39, 0.29) is 12.0 Å². The Hall–Kier alpha value is -0.610. The van der Waals surface area contributed by atoms with E-state index in [0.29, 0.717) is 19.5 Å². The van der Waals surface area contributed by atoms with Crippen molar-refractivity contribution in [3.05, 3.63) is 0 Å². The molecule has 0 aliphatic heterocycles. The number of nitrogens with one attached hydrogen (secondary N) is 2. The zero-order chi connectivity index (χ0) is 10.1. The molecule has 4 nitrogen and oxygen atoms in total. The van der Waals surface area contributed by atoms with Gasteiger partial charge in [-0.2, -0.15) is 0 Å². The van der Waals surface area contributed by atoms with E-state index in [1.165, 1.54) is 0 Å². The molecule has 2 N–H and O–H groups in total. The summed E-state index contributed by atoms with van der Waals surface area (Å²) in [6.45, 7) is 6.10. The highest BCUT2D eigenvalue weighted by atomic mass is 16.5. The van der Waals surface area contributed by atoms with Crippen molar-refractivity contribution in [3.8, 4) is 0 Å². The fourth-order valence-corrected chi connectivity index (χ4v) is 0.876. The minimum Gasteiger partial charge on any atom is -0.380 e. The predicted molar refractivity (Wildman–Crippen MR) is 52.6 cm³/mol. The van der Waals surface area contributed by atoms with Gasteiger partial charge in [-0.3, -0.25) is 4.79 Å². The lowest BCUT2D eigenvalue weighted by atomic mass is 10.3. The standard InChI is InChI=1S/C9H20N2O2/c1-4-11-9(12)5-6-10-7-8(2)13-3/h8,10H,4-7H2,1-3H3,(H,11,12). The van der Waals surface area contributed by atoms with Crippen LogP contribution in [0.1, 0.15) is 20.3 Å². The van der Waals surface area contributed by atoms with Crippen molar-refractivity contribution < 1.29 is 9.53 Å². The second kappa shape index (κ2) is 8.01. The number of carbonyl (C=O) groups is 1. The lowest BCUT2D eigenvalue weighted by molar-refractivity contribution is -0.120. The van der Waals surface area contributed by atoms with Gasteiger partial charge >= 0.3 is 0 Å². The normalized spacial score (nSPS) is 12.5. The van der Waals surface area contributed by atoms with Crippen LogP contribution in [0.4, 0.5) is 0 Å². The molecular weight excluding hydrogens is 168 g/mol. The van der Waals surface area contributed by atoms with Crippen molar-refractivity contribution in [2.75, 3.05) is 26.7 Å². The number of hydrogen-bond donors (Lipinski definition) is 2. The van der Waals surface area contributed by atoms with Crippen molar-refractivity contribution in [2.24, 2.45) is 0 Å². The third-order valence-electron chi connectivity index (χ3n) is 1.74. The highest BCUT2D eigenvalue weighted by molar-refractivity contribution is 5.75.